The van der Waals surface area contributed by atoms with E-state index in [9.17, 15) is 14.4 Å². The van der Waals surface area contributed by atoms with E-state index in [-0.39, 0.29) is 5.91 Å². The molecule has 1 rings (SSSR count). The van der Waals surface area contributed by atoms with Gasteiger partial charge in [-0.1, -0.05) is 13.8 Å². The first kappa shape index (κ1) is 14.9. The number of carbonyl (C=O) groups is 1. The first-order valence-corrected chi connectivity index (χ1v) is 6.05. The molecule has 0 fully saturated rings. The molecule has 0 spiro atoms. The number of hydrogen-bond donors (Lipinski definition) is 1. The van der Waals surface area contributed by atoms with Crippen LogP contribution in [-0.4, -0.2) is 21.6 Å². The van der Waals surface area contributed by atoms with Crippen LogP contribution in [-0.2, 0) is 18.9 Å². The van der Waals surface area contributed by atoms with E-state index in [0.717, 1.165) is 4.57 Å². The Hall–Kier alpha value is -2.11. The molecule has 1 aromatic rings. The minimum atomic E-state index is -0.420. The van der Waals surface area contributed by atoms with Crippen molar-refractivity contribution in [2.75, 3.05) is 6.54 Å². The average Bonchev–Trinajstić information content (AvgIpc) is 2.36. The maximum atomic E-state index is 11.8. The summed E-state index contributed by atoms with van der Waals surface area (Å²) in [6, 6.07) is 0. The fourth-order valence-corrected chi connectivity index (χ4v) is 1.48. The van der Waals surface area contributed by atoms with Crippen molar-refractivity contribution in [2.45, 2.75) is 13.8 Å². The molecule has 1 N–H and O–H groups in total. The lowest BCUT2D eigenvalue weighted by Gasteiger charge is -2.05. The molecule has 0 aliphatic heterocycles. The van der Waals surface area contributed by atoms with E-state index in [2.05, 4.69) is 5.32 Å². The zero-order chi connectivity index (χ0) is 14.6. The summed E-state index contributed by atoms with van der Waals surface area (Å²) >= 11 is 0. The van der Waals surface area contributed by atoms with Gasteiger partial charge in [0.2, 0.25) is 5.91 Å². The van der Waals surface area contributed by atoms with Gasteiger partial charge in [0.15, 0.2) is 0 Å². The Labute approximate surface area is 111 Å². The maximum absolute atomic E-state index is 11.8. The van der Waals surface area contributed by atoms with Crippen LogP contribution in [0.2, 0.25) is 0 Å². The molecule has 0 atom stereocenters. The minimum Gasteiger partial charge on any atom is -0.352 e. The van der Waals surface area contributed by atoms with E-state index in [1.807, 2.05) is 13.8 Å². The predicted octanol–water partition coefficient (Wildman–Crippen LogP) is -0.131. The average molecular weight is 265 g/mol. The first-order chi connectivity index (χ1) is 8.82. The van der Waals surface area contributed by atoms with Gasteiger partial charge in [-0.15, -0.1) is 0 Å². The fraction of sp³-hybridized carbons (Fsp3) is 0.462. The molecule has 1 amide bonds. The number of aryl methyl sites for hydroxylation is 1. The number of aromatic nitrogens is 2. The van der Waals surface area contributed by atoms with Crippen LogP contribution in [0, 0.1) is 5.92 Å². The van der Waals surface area contributed by atoms with Crippen LogP contribution in [0.25, 0.3) is 6.08 Å². The molecule has 104 valence electrons. The monoisotopic (exact) mass is 265 g/mol. The van der Waals surface area contributed by atoms with Gasteiger partial charge < -0.3 is 9.88 Å². The van der Waals surface area contributed by atoms with Crippen LogP contribution >= 0.6 is 0 Å². The van der Waals surface area contributed by atoms with Crippen molar-refractivity contribution in [3.8, 4) is 0 Å². The minimum absolute atomic E-state index is 0.260. The van der Waals surface area contributed by atoms with Gasteiger partial charge in [0.05, 0.1) is 5.56 Å². The number of hydrogen-bond acceptors (Lipinski definition) is 3. The fourth-order valence-electron chi connectivity index (χ4n) is 1.48. The molecule has 1 heterocycles. The quantitative estimate of drug-likeness (QED) is 0.771. The summed E-state index contributed by atoms with van der Waals surface area (Å²) in [6.07, 6.45) is 4.12. The van der Waals surface area contributed by atoms with Crippen LogP contribution in [0.3, 0.4) is 0 Å². The highest BCUT2D eigenvalue weighted by atomic mass is 16.2. The SMILES string of the molecule is CC(C)CNC(=O)/C=C/c1cn(C)c(=O)n(C)c1=O. The maximum Gasteiger partial charge on any atom is 0.330 e. The van der Waals surface area contributed by atoms with E-state index in [0.29, 0.717) is 18.0 Å². The molecule has 0 saturated carbocycles. The van der Waals surface area contributed by atoms with Gasteiger partial charge in [0.1, 0.15) is 0 Å². The van der Waals surface area contributed by atoms with Crippen molar-refractivity contribution < 1.29 is 4.79 Å². The highest BCUT2D eigenvalue weighted by Crippen LogP contribution is 1.93. The topological polar surface area (TPSA) is 73.1 Å². The predicted molar refractivity (Wildman–Crippen MR) is 73.8 cm³/mol. The Morgan fingerprint density at radius 3 is 2.58 bits per heavy atom. The molecule has 6 nitrogen and oxygen atoms in total. The Kier molecular flexibility index (Phi) is 4.86. The lowest BCUT2D eigenvalue weighted by Crippen LogP contribution is -2.37. The van der Waals surface area contributed by atoms with Gasteiger partial charge in [-0.2, -0.15) is 0 Å². The van der Waals surface area contributed by atoms with E-state index in [1.54, 1.807) is 7.05 Å². The summed E-state index contributed by atoms with van der Waals surface area (Å²) in [5.74, 6) is 0.104. The number of carbonyl (C=O) groups excluding carboxylic acids is 1. The molecule has 6 heteroatoms. The largest absolute Gasteiger partial charge is 0.352 e. The first-order valence-electron chi connectivity index (χ1n) is 6.05. The van der Waals surface area contributed by atoms with Crippen LogP contribution in [0.1, 0.15) is 19.4 Å². The van der Waals surface area contributed by atoms with Crippen molar-refractivity contribution in [1.29, 1.82) is 0 Å². The molecule has 0 bridgehead atoms. The molecule has 0 aliphatic carbocycles. The van der Waals surface area contributed by atoms with Gasteiger partial charge >= 0.3 is 5.69 Å². The number of nitrogens with zero attached hydrogens (tertiary/aromatic N) is 2. The van der Waals surface area contributed by atoms with Crippen molar-refractivity contribution in [3.05, 3.63) is 38.7 Å². The van der Waals surface area contributed by atoms with Gasteiger partial charge in [-0.25, -0.2) is 4.79 Å². The molecule has 0 unspecified atom stereocenters. The molecule has 0 aliphatic rings. The van der Waals surface area contributed by atoms with Gasteiger partial charge in [-0.3, -0.25) is 14.2 Å². The van der Waals surface area contributed by atoms with Crippen LogP contribution in [0.4, 0.5) is 0 Å². The number of amides is 1. The normalized spacial score (nSPS) is 11.2. The van der Waals surface area contributed by atoms with Crippen molar-refractivity contribution in [3.63, 3.8) is 0 Å². The zero-order valence-corrected chi connectivity index (χ0v) is 11.6. The second-order valence-corrected chi connectivity index (χ2v) is 4.81. The number of rotatable bonds is 4. The third kappa shape index (κ3) is 3.94. The second-order valence-electron chi connectivity index (χ2n) is 4.81. The van der Waals surface area contributed by atoms with Gasteiger partial charge in [0.25, 0.3) is 5.56 Å². The van der Waals surface area contributed by atoms with E-state index < -0.39 is 11.2 Å². The highest BCUT2D eigenvalue weighted by molar-refractivity contribution is 5.91. The summed E-state index contributed by atoms with van der Waals surface area (Å²) in [5, 5.41) is 2.71. The summed E-state index contributed by atoms with van der Waals surface area (Å²) in [7, 11) is 2.96. The zero-order valence-electron chi connectivity index (χ0n) is 11.6. The summed E-state index contributed by atoms with van der Waals surface area (Å²) < 4.78 is 2.30. The van der Waals surface area contributed by atoms with Crippen molar-refractivity contribution in [2.24, 2.45) is 20.0 Å². The van der Waals surface area contributed by atoms with Crippen molar-refractivity contribution >= 4 is 12.0 Å². The molecule has 19 heavy (non-hydrogen) atoms. The van der Waals surface area contributed by atoms with Gasteiger partial charge in [0, 0.05) is 32.9 Å². The molecular formula is C13H19N3O3. The lowest BCUT2D eigenvalue weighted by atomic mass is 10.2. The molecule has 0 aromatic carbocycles. The molecule has 0 saturated heterocycles. The Morgan fingerprint density at radius 2 is 2.00 bits per heavy atom. The standard InChI is InChI=1S/C13H19N3O3/c1-9(2)7-14-11(17)6-5-10-8-15(3)13(19)16(4)12(10)18/h5-6,8-9H,7H2,1-4H3,(H,14,17)/b6-5+. The number of nitrogens with one attached hydrogen (secondary N) is 1. The lowest BCUT2D eigenvalue weighted by molar-refractivity contribution is -0.116. The summed E-state index contributed by atoms with van der Waals surface area (Å²) in [6.45, 7) is 4.56. The van der Waals surface area contributed by atoms with E-state index in [1.165, 1.54) is 30.0 Å². The third-order valence-corrected chi connectivity index (χ3v) is 2.57. The van der Waals surface area contributed by atoms with E-state index >= 15 is 0 Å². The third-order valence-electron chi connectivity index (χ3n) is 2.57. The Balaban J connectivity index is 2.92. The van der Waals surface area contributed by atoms with Crippen LogP contribution in [0.15, 0.2) is 21.9 Å². The van der Waals surface area contributed by atoms with Crippen molar-refractivity contribution in [1.82, 2.24) is 14.5 Å². The Morgan fingerprint density at radius 1 is 1.37 bits per heavy atom. The Bertz CT molecular complexity index is 609. The smallest absolute Gasteiger partial charge is 0.330 e. The molecule has 1 aromatic heterocycles. The second kappa shape index (κ2) is 6.17. The van der Waals surface area contributed by atoms with Crippen LogP contribution in [0.5, 0.6) is 0 Å². The van der Waals surface area contributed by atoms with E-state index in [4.69, 9.17) is 0 Å². The van der Waals surface area contributed by atoms with Crippen LogP contribution < -0.4 is 16.6 Å². The highest BCUT2D eigenvalue weighted by Gasteiger charge is 2.04. The molecule has 0 radical (unpaired) electrons. The summed E-state index contributed by atoms with van der Waals surface area (Å²) in [5.41, 5.74) is -0.522. The molecular weight excluding hydrogens is 246 g/mol. The van der Waals surface area contributed by atoms with Gasteiger partial charge in [-0.05, 0) is 12.0 Å². The summed E-state index contributed by atoms with van der Waals surface area (Å²) in [4.78, 5) is 34.8.